The van der Waals surface area contributed by atoms with E-state index in [9.17, 15) is 4.79 Å². The summed E-state index contributed by atoms with van der Waals surface area (Å²) in [5.41, 5.74) is -0.494. The number of alkyl carbamates (subject to hydrolysis) is 1. The largest absolute Gasteiger partial charge is 0.444 e. The Morgan fingerprint density at radius 3 is 2.25 bits per heavy atom. The number of nitrogens with zero attached hydrogens (tertiary/aromatic N) is 2. The number of carbonyl (C=O) groups is 1. The molecule has 0 radical (unpaired) electrons. The van der Waals surface area contributed by atoms with Crippen molar-refractivity contribution in [2.45, 2.75) is 84.0 Å². The molecular weight excluding hydrogens is 469 g/mol. The Morgan fingerprint density at radius 1 is 1.18 bits per heavy atom. The normalized spacial score (nSPS) is 20.3. The summed E-state index contributed by atoms with van der Waals surface area (Å²) in [5, 5.41) is 9.88. The van der Waals surface area contributed by atoms with E-state index in [-0.39, 0.29) is 42.0 Å². The van der Waals surface area contributed by atoms with Crippen molar-refractivity contribution in [1.82, 2.24) is 20.9 Å². The average molecular weight is 509 g/mol. The van der Waals surface area contributed by atoms with Crippen molar-refractivity contribution in [2.75, 3.05) is 26.7 Å². The third-order valence-corrected chi connectivity index (χ3v) is 5.15. The first kappa shape index (κ1) is 25.3. The molecule has 1 unspecified atom stereocenters. The summed E-state index contributed by atoms with van der Waals surface area (Å²) in [6, 6.07) is 1.28. The summed E-state index contributed by atoms with van der Waals surface area (Å²) in [4.78, 5) is 19.1. The van der Waals surface area contributed by atoms with E-state index in [1.165, 1.54) is 25.9 Å². The highest BCUT2D eigenvalue weighted by Crippen LogP contribution is 2.29. The van der Waals surface area contributed by atoms with Crippen LogP contribution < -0.4 is 16.0 Å². The molecule has 2 aliphatic rings. The summed E-state index contributed by atoms with van der Waals surface area (Å²) < 4.78 is 5.38. The molecule has 0 spiro atoms. The molecule has 0 aromatic heterocycles. The van der Waals surface area contributed by atoms with E-state index in [0.717, 1.165) is 24.8 Å². The second-order valence-electron chi connectivity index (χ2n) is 9.14. The highest BCUT2D eigenvalue weighted by molar-refractivity contribution is 14.0. The minimum absolute atomic E-state index is 0. The van der Waals surface area contributed by atoms with Gasteiger partial charge in [0, 0.05) is 38.8 Å². The number of guanidine groups is 1. The second kappa shape index (κ2) is 11.4. The maximum Gasteiger partial charge on any atom is 0.407 e. The molecule has 8 heteroatoms. The van der Waals surface area contributed by atoms with Gasteiger partial charge >= 0.3 is 6.09 Å². The minimum Gasteiger partial charge on any atom is -0.444 e. The van der Waals surface area contributed by atoms with E-state index in [4.69, 9.17) is 4.74 Å². The summed E-state index contributed by atoms with van der Waals surface area (Å²) in [6.45, 7) is 12.8. The Hall–Kier alpha value is -0.770. The molecule has 2 rings (SSSR count). The van der Waals surface area contributed by atoms with E-state index in [1.54, 1.807) is 7.05 Å². The molecule has 1 atom stereocenters. The van der Waals surface area contributed by atoms with E-state index >= 15 is 0 Å². The predicted octanol–water partition coefficient (Wildman–Crippen LogP) is 2.95. The lowest BCUT2D eigenvalue weighted by molar-refractivity contribution is 0.0491. The fraction of sp³-hybridized carbons (Fsp3) is 0.900. The second-order valence-corrected chi connectivity index (χ2v) is 9.14. The average Bonchev–Trinajstić information content (AvgIpc) is 3.41. The van der Waals surface area contributed by atoms with Gasteiger partial charge in [-0.05, 0) is 52.4 Å². The van der Waals surface area contributed by atoms with E-state index in [1.807, 2.05) is 20.8 Å². The molecule has 0 aromatic rings. The quantitative estimate of drug-likeness (QED) is 0.292. The number of hydrogen-bond donors (Lipinski definition) is 3. The monoisotopic (exact) mass is 509 g/mol. The molecule has 1 aliphatic carbocycles. The number of nitrogens with one attached hydrogen (secondary N) is 3. The topological polar surface area (TPSA) is 78.0 Å². The molecule has 0 bridgehead atoms. The summed E-state index contributed by atoms with van der Waals surface area (Å²) >= 11 is 0. The lowest BCUT2D eigenvalue weighted by atomic mass is 10.0. The molecule has 3 N–H and O–H groups in total. The third-order valence-electron chi connectivity index (χ3n) is 5.15. The van der Waals surface area contributed by atoms with E-state index in [2.05, 4.69) is 39.7 Å². The molecule has 1 saturated heterocycles. The van der Waals surface area contributed by atoms with Gasteiger partial charge in [0.25, 0.3) is 0 Å². The zero-order chi connectivity index (χ0) is 20.0. The van der Waals surface area contributed by atoms with E-state index < -0.39 is 5.60 Å². The van der Waals surface area contributed by atoms with Gasteiger partial charge in [0.05, 0.1) is 6.04 Å². The lowest BCUT2D eigenvalue weighted by Gasteiger charge is -2.33. The zero-order valence-corrected chi connectivity index (χ0v) is 20.7. The Balaban J connectivity index is 0.00000392. The Kier molecular flexibility index (Phi) is 10.3. The van der Waals surface area contributed by atoms with Gasteiger partial charge in [-0.1, -0.05) is 13.8 Å². The predicted molar refractivity (Wildman–Crippen MR) is 126 cm³/mol. The number of aliphatic imine (C=N–C) groups is 1. The van der Waals surface area contributed by atoms with Crippen LogP contribution in [0.15, 0.2) is 4.99 Å². The van der Waals surface area contributed by atoms with Crippen LogP contribution in [0.2, 0.25) is 0 Å². The van der Waals surface area contributed by atoms with Crippen molar-refractivity contribution in [3.63, 3.8) is 0 Å². The van der Waals surface area contributed by atoms with Crippen LogP contribution in [-0.4, -0.2) is 67.4 Å². The van der Waals surface area contributed by atoms with Crippen LogP contribution in [0.5, 0.6) is 0 Å². The Labute approximate surface area is 187 Å². The van der Waals surface area contributed by atoms with Crippen LogP contribution in [0.25, 0.3) is 0 Å². The van der Waals surface area contributed by atoms with Crippen LogP contribution >= 0.6 is 24.0 Å². The van der Waals surface area contributed by atoms with Crippen LogP contribution in [0.3, 0.4) is 0 Å². The van der Waals surface area contributed by atoms with Gasteiger partial charge in [0.15, 0.2) is 5.96 Å². The third kappa shape index (κ3) is 9.15. The highest BCUT2D eigenvalue weighted by atomic mass is 127. The van der Waals surface area contributed by atoms with Gasteiger partial charge in [-0.3, -0.25) is 4.99 Å². The van der Waals surface area contributed by atoms with Crippen LogP contribution in [-0.2, 0) is 4.74 Å². The van der Waals surface area contributed by atoms with Crippen molar-refractivity contribution < 1.29 is 9.53 Å². The van der Waals surface area contributed by atoms with Gasteiger partial charge in [-0.2, -0.15) is 0 Å². The molecule has 1 aliphatic heterocycles. The van der Waals surface area contributed by atoms with Crippen LogP contribution in [0.1, 0.15) is 60.3 Å². The standard InChI is InChI=1S/C20H39N5O2.HI/c1-14(2)17(24-19(26)27-20(3,4)5)13-22-18(21-6)23-15-9-11-25(12-10-15)16-7-8-16;/h14-17H,7-13H2,1-6H3,(H,24,26)(H2,21,22,23);1H. The number of piperidine rings is 1. The zero-order valence-electron chi connectivity index (χ0n) is 18.4. The number of amides is 1. The smallest absolute Gasteiger partial charge is 0.407 e. The molecule has 28 heavy (non-hydrogen) atoms. The molecule has 2 fully saturated rings. The van der Waals surface area contributed by atoms with Gasteiger partial charge in [0.2, 0.25) is 0 Å². The number of carbonyl (C=O) groups excluding carboxylic acids is 1. The number of ether oxygens (including phenoxy) is 1. The molecule has 1 saturated carbocycles. The molecule has 164 valence electrons. The fourth-order valence-electron chi connectivity index (χ4n) is 3.36. The first-order valence-corrected chi connectivity index (χ1v) is 10.4. The summed E-state index contributed by atoms with van der Waals surface area (Å²) in [6.07, 6.45) is 4.69. The first-order valence-electron chi connectivity index (χ1n) is 10.4. The van der Waals surface area contributed by atoms with Crippen molar-refractivity contribution in [1.29, 1.82) is 0 Å². The van der Waals surface area contributed by atoms with Crippen molar-refractivity contribution in [3.05, 3.63) is 0 Å². The maximum absolute atomic E-state index is 12.1. The van der Waals surface area contributed by atoms with Crippen LogP contribution in [0, 0.1) is 5.92 Å². The molecular formula is C20H40IN5O2. The molecule has 1 heterocycles. The number of likely N-dealkylation sites (tertiary alicyclic amines) is 1. The van der Waals surface area contributed by atoms with Crippen molar-refractivity contribution >= 4 is 36.0 Å². The SMILES string of the molecule is CN=C(NCC(NC(=O)OC(C)(C)C)C(C)C)NC1CCN(C2CC2)CC1.I. The first-order chi connectivity index (χ1) is 12.7. The van der Waals surface area contributed by atoms with Crippen molar-refractivity contribution in [3.8, 4) is 0 Å². The van der Waals surface area contributed by atoms with Gasteiger partial charge < -0.3 is 25.6 Å². The number of halogens is 1. The summed E-state index contributed by atoms with van der Waals surface area (Å²) in [5.74, 6) is 1.08. The van der Waals surface area contributed by atoms with Gasteiger partial charge in [-0.15, -0.1) is 24.0 Å². The molecule has 1 amide bonds. The van der Waals surface area contributed by atoms with Crippen molar-refractivity contribution in [2.24, 2.45) is 10.9 Å². The summed E-state index contributed by atoms with van der Waals surface area (Å²) in [7, 11) is 1.79. The Morgan fingerprint density at radius 2 is 1.79 bits per heavy atom. The van der Waals surface area contributed by atoms with Gasteiger partial charge in [-0.25, -0.2) is 4.79 Å². The van der Waals surface area contributed by atoms with E-state index in [0.29, 0.717) is 12.6 Å². The highest BCUT2D eigenvalue weighted by Gasteiger charge is 2.32. The molecule has 0 aromatic carbocycles. The number of rotatable bonds is 6. The Bertz CT molecular complexity index is 509. The number of hydrogen-bond acceptors (Lipinski definition) is 4. The molecule has 7 nitrogen and oxygen atoms in total. The minimum atomic E-state index is -0.494. The maximum atomic E-state index is 12.1. The van der Waals surface area contributed by atoms with Gasteiger partial charge in [0.1, 0.15) is 5.60 Å². The lowest BCUT2D eigenvalue weighted by Crippen LogP contribution is -2.53. The fourth-order valence-corrected chi connectivity index (χ4v) is 3.36. The van der Waals surface area contributed by atoms with Crippen LogP contribution in [0.4, 0.5) is 4.79 Å².